The lowest BCUT2D eigenvalue weighted by molar-refractivity contribution is 0.110. The van der Waals surface area contributed by atoms with Gasteiger partial charge in [0, 0.05) is 52.4 Å². The molecule has 0 saturated carbocycles. The number of aromatic nitrogens is 1. The van der Waals surface area contributed by atoms with Crippen molar-refractivity contribution in [2.75, 3.05) is 46.4 Å². The Morgan fingerprint density at radius 3 is 2.55 bits per heavy atom. The van der Waals surface area contributed by atoms with Crippen LogP contribution in [0.3, 0.4) is 0 Å². The lowest BCUT2D eigenvalue weighted by atomic mass is 10.1. The molecule has 29 heavy (non-hydrogen) atoms. The van der Waals surface area contributed by atoms with E-state index >= 15 is 0 Å². The van der Waals surface area contributed by atoms with Crippen molar-refractivity contribution < 1.29 is 13.7 Å². The van der Waals surface area contributed by atoms with Gasteiger partial charge in [-0.25, -0.2) is 4.39 Å². The van der Waals surface area contributed by atoms with Crippen molar-refractivity contribution in [1.29, 1.82) is 0 Å². The van der Waals surface area contributed by atoms with Crippen LogP contribution in [0.1, 0.15) is 24.3 Å². The van der Waals surface area contributed by atoms with Gasteiger partial charge in [0.25, 0.3) is 0 Å². The van der Waals surface area contributed by atoms with Crippen molar-refractivity contribution >= 4 is 29.9 Å². The van der Waals surface area contributed by atoms with Crippen LogP contribution >= 0.6 is 24.0 Å². The molecule has 1 N–H and O–H groups in total. The molecule has 7 nitrogen and oxygen atoms in total. The molecule has 1 aromatic heterocycles. The minimum Gasteiger partial charge on any atom is -0.375 e. The third-order valence-corrected chi connectivity index (χ3v) is 4.82. The zero-order chi connectivity index (χ0) is 19.8. The summed E-state index contributed by atoms with van der Waals surface area (Å²) in [4.78, 5) is 9.39. The molecule has 0 radical (unpaired) electrons. The average Bonchev–Trinajstić information content (AvgIpc) is 3.22. The maximum absolute atomic E-state index is 13.2. The fourth-order valence-electron chi connectivity index (χ4n) is 3.25. The Balaban J connectivity index is 0.00000300. The number of aliphatic imine (C=N–C) groups is 1. The van der Waals surface area contributed by atoms with E-state index in [9.17, 15) is 4.39 Å². The molecule has 0 aliphatic carbocycles. The number of ether oxygens (including phenoxy) is 1. The normalized spacial score (nSPS) is 16.4. The summed E-state index contributed by atoms with van der Waals surface area (Å²) in [7, 11) is 1.65. The summed E-state index contributed by atoms with van der Waals surface area (Å²) in [6.45, 7) is 7.77. The lowest BCUT2D eigenvalue weighted by Crippen LogP contribution is -2.52. The molecule has 1 aliphatic rings. The standard InChI is InChI=1S/C20H28FN5O2.HI/c1-3-22-20(23-14-19(27-2)16-4-6-17(21)7-5-16)26-11-9-25(10-12-26)15-18-8-13-28-24-18;/h4-8,13,19H,3,9-12,14-15H2,1-2H3,(H,22,23);1H. The van der Waals surface area contributed by atoms with Crippen LogP contribution in [0.5, 0.6) is 0 Å². The molecule has 9 heteroatoms. The number of halogens is 2. The predicted molar refractivity (Wildman–Crippen MR) is 121 cm³/mol. The molecule has 3 rings (SSSR count). The fraction of sp³-hybridized carbons (Fsp3) is 0.500. The molecule has 1 fully saturated rings. The Bertz CT molecular complexity index is 734. The maximum Gasteiger partial charge on any atom is 0.194 e. The maximum atomic E-state index is 13.2. The number of piperazine rings is 1. The van der Waals surface area contributed by atoms with E-state index in [2.05, 4.69) is 27.2 Å². The SMILES string of the molecule is CCNC(=NCC(OC)c1ccc(F)cc1)N1CCN(Cc2ccon2)CC1.I. The molecule has 2 aromatic rings. The summed E-state index contributed by atoms with van der Waals surface area (Å²) < 4.78 is 23.6. The van der Waals surface area contributed by atoms with E-state index in [1.54, 1.807) is 25.5 Å². The number of methoxy groups -OCH3 is 1. The molecule has 1 unspecified atom stereocenters. The Kier molecular flexibility index (Phi) is 9.82. The van der Waals surface area contributed by atoms with Gasteiger partial charge < -0.3 is 19.5 Å². The number of hydrogen-bond acceptors (Lipinski definition) is 5. The van der Waals surface area contributed by atoms with E-state index in [1.807, 2.05) is 6.07 Å². The van der Waals surface area contributed by atoms with Gasteiger partial charge in [-0.1, -0.05) is 17.3 Å². The lowest BCUT2D eigenvalue weighted by Gasteiger charge is -2.36. The van der Waals surface area contributed by atoms with Crippen molar-refractivity contribution in [2.45, 2.75) is 19.6 Å². The summed E-state index contributed by atoms with van der Waals surface area (Å²) >= 11 is 0. The van der Waals surface area contributed by atoms with Gasteiger partial charge in [0.15, 0.2) is 5.96 Å². The molecule has 1 atom stereocenters. The minimum atomic E-state index is -0.251. The van der Waals surface area contributed by atoms with Crippen molar-refractivity contribution in [3.8, 4) is 0 Å². The first-order valence-electron chi connectivity index (χ1n) is 9.62. The molecular weight excluding hydrogens is 488 g/mol. The molecule has 2 heterocycles. The van der Waals surface area contributed by atoms with Gasteiger partial charge in [-0.3, -0.25) is 9.89 Å². The van der Waals surface area contributed by atoms with Crippen LogP contribution < -0.4 is 5.32 Å². The first kappa shape index (κ1) is 23.6. The minimum absolute atomic E-state index is 0. The van der Waals surface area contributed by atoms with Gasteiger partial charge in [0.2, 0.25) is 0 Å². The zero-order valence-electron chi connectivity index (χ0n) is 16.9. The van der Waals surface area contributed by atoms with E-state index in [-0.39, 0.29) is 35.9 Å². The fourth-order valence-corrected chi connectivity index (χ4v) is 3.25. The summed E-state index contributed by atoms with van der Waals surface area (Å²) in [5.41, 5.74) is 1.87. The van der Waals surface area contributed by atoms with E-state index in [1.165, 1.54) is 12.1 Å². The van der Waals surface area contributed by atoms with E-state index in [0.29, 0.717) is 6.54 Å². The molecular formula is C20H29FIN5O2. The monoisotopic (exact) mass is 517 g/mol. The summed E-state index contributed by atoms with van der Waals surface area (Å²) in [6.07, 6.45) is 1.40. The number of nitrogens with zero attached hydrogens (tertiary/aromatic N) is 4. The van der Waals surface area contributed by atoms with Gasteiger partial charge >= 0.3 is 0 Å². The highest BCUT2D eigenvalue weighted by Gasteiger charge is 2.21. The van der Waals surface area contributed by atoms with E-state index in [0.717, 1.165) is 56.5 Å². The van der Waals surface area contributed by atoms with Crippen molar-refractivity contribution in [3.05, 3.63) is 53.7 Å². The van der Waals surface area contributed by atoms with Crippen LogP contribution in [0.25, 0.3) is 0 Å². The molecule has 1 aliphatic heterocycles. The van der Waals surface area contributed by atoms with Crippen LogP contribution in [-0.4, -0.2) is 67.3 Å². The summed E-state index contributed by atoms with van der Waals surface area (Å²) in [5, 5.41) is 7.35. The highest BCUT2D eigenvalue weighted by molar-refractivity contribution is 14.0. The van der Waals surface area contributed by atoms with Gasteiger partial charge in [-0.2, -0.15) is 0 Å². The molecule has 0 bridgehead atoms. The Hall–Kier alpha value is -1.72. The second-order valence-corrected chi connectivity index (χ2v) is 6.72. The molecule has 0 spiro atoms. The zero-order valence-corrected chi connectivity index (χ0v) is 19.2. The number of benzene rings is 1. The largest absolute Gasteiger partial charge is 0.375 e. The Morgan fingerprint density at radius 1 is 1.24 bits per heavy atom. The number of guanidine groups is 1. The third-order valence-electron chi connectivity index (χ3n) is 4.82. The van der Waals surface area contributed by atoms with Crippen LogP contribution in [-0.2, 0) is 11.3 Å². The first-order chi connectivity index (χ1) is 13.7. The Morgan fingerprint density at radius 2 is 1.97 bits per heavy atom. The molecule has 1 saturated heterocycles. The second-order valence-electron chi connectivity index (χ2n) is 6.72. The van der Waals surface area contributed by atoms with E-state index < -0.39 is 0 Å². The molecule has 1 aromatic carbocycles. The van der Waals surface area contributed by atoms with Crippen LogP contribution in [0, 0.1) is 5.82 Å². The topological polar surface area (TPSA) is 66.1 Å². The number of nitrogens with one attached hydrogen (secondary N) is 1. The van der Waals surface area contributed by atoms with Crippen LogP contribution in [0.2, 0.25) is 0 Å². The first-order valence-corrected chi connectivity index (χ1v) is 9.62. The van der Waals surface area contributed by atoms with Gasteiger partial charge in [0.05, 0.1) is 12.2 Å². The van der Waals surface area contributed by atoms with Crippen molar-refractivity contribution in [1.82, 2.24) is 20.3 Å². The molecule has 160 valence electrons. The average molecular weight is 517 g/mol. The predicted octanol–water partition coefficient (Wildman–Crippen LogP) is 2.90. The van der Waals surface area contributed by atoms with Crippen molar-refractivity contribution in [3.63, 3.8) is 0 Å². The summed E-state index contributed by atoms with van der Waals surface area (Å²) in [5.74, 6) is 0.631. The third kappa shape index (κ3) is 6.93. The van der Waals surface area contributed by atoms with E-state index in [4.69, 9.17) is 14.3 Å². The van der Waals surface area contributed by atoms with Crippen LogP contribution in [0.15, 0.2) is 46.1 Å². The van der Waals surface area contributed by atoms with Crippen molar-refractivity contribution in [2.24, 2.45) is 4.99 Å². The summed E-state index contributed by atoms with van der Waals surface area (Å²) in [6, 6.07) is 8.29. The van der Waals surface area contributed by atoms with Gasteiger partial charge in [-0.05, 0) is 24.6 Å². The van der Waals surface area contributed by atoms with Gasteiger partial charge in [0.1, 0.15) is 18.2 Å². The highest BCUT2D eigenvalue weighted by atomic mass is 127. The smallest absolute Gasteiger partial charge is 0.194 e. The number of rotatable bonds is 7. The van der Waals surface area contributed by atoms with Gasteiger partial charge in [-0.15, -0.1) is 24.0 Å². The Labute approximate surface area is 188 Å². The second kappa shape index (κ2) is 12.1. The van der Waals surface area contributed by atoms with Crippen LogP contribution in [0.4, 0.5) is 4.39 Å². The highest BCUT2D eigenvalue weighted by Crippen LogP contribution is 2.18. The quantitative estimate of drug-likeness (QED) is 0.346. The number of hydrogen-bond donors (Lipinski definition) is 1. The molecule has 0 amide bonds.